The summed E-state index contributed by atoms with van der Waals surface area (Å²) in [5.41, 5.74) is 3.68. The molecule has 0 aliphatic heterocycles. The van der Waals surface area contributed by atoms with E-state index < -0.39 is 35.4 Å². The first kappa shape index (κ1) is 14.9. The molecule has 1 aromatic heterocycles. The third-order valence-electron chi connectivity index (χ3n) is 2.42. The zero-order chi connectivity index (χ0) is 14.0. The SMILES string of the molecule is Cn1cnc(N)c1S(=O)(=O)NC(CO)(CO)CO. The van der Waals surface area contributed by atoms with Crippen LogP contribution in [0.25, 0.3) is 0 Å². The number of aryl methyl sites for hydroxylation is 1. The van der Waals surface area contributed by atoms with Crippen molar-refractivity contribution < 1.29 is 23.7 Å². The molecule has 0 amide bonds. The molecule has 10 heteroatoms. The van der Waals surface area contributed by atoms with Crippen LogP contribution in [0.15, 0.2) is 11.4 Å². The lowest BCUT2D eigenvalue weighted by atomic mass is 10.1. The summed E-state index contributed by atoms with van der Waals surface area (Å²) in [7, 11) is -2.70. The smallest absolute Gasteiger partial charge is 0.260 e. The van der Waals surface area contributed by atoms with Crippen LogP contribution < -0.4 is 10.5 Å². The maximum Gasteiger partial charge on any atom is 0.260 e. The van der Waals surface area contributed by atoms with Gasteiger partial charge in [-0.15, -0.1) is 0 Å². The van der Waals surface area contributed by atoms with E-state index in [-0.39, 0.29) is 10.8 Å². The predicted octanol–water partition coefficient (Wildman–Crippen LogP) is -3.00. The normalized spacial score (nSPS) is 12.9. The van der Waals surface area contributed by atoms with Gasteiger partial charge in [-0.05, 0) is 0 Å². The number of aliphatic hydroxyl groups is 3. The van der Waals surface area contributed by atoms with Gasteiger partial charge in [0.1, 0.15) is 5.54 Å². The maximum atomic E-state index is 12.0. The number of rotatable bonds is 6. The molecule has 1 rings (SSSR count). The number of nitrogens with one attached hydrogen (secondary N) is 1. The second-order valence-corrected chi connectivity index (χ2v) is 5.50. The molecule has 0 aliphatic carbocycles. The summed E-state index contributed by atoms with van der Waals surface area (Å²) < 4.78 is 27.3. The Bertz CT molecular complexity index is 480. The fourth-order valence-corrected chi connectivity index (χ4v) is 2.96. The van der Waals surface area contributed by atoms with Crippen LogP contribution in [0.3, 0.4) is 0 Å². The highest BCUT2D eigenvalue weighted by atomic mass is 32.2. The number of imidazole rings is 1. The lowest BCUT2D eigenvalue weighted by molar-refractivity contribution is 0.0581. The van der Waals surface area contributed by atoms with Crippen molar-refractivity contribution in [2.75, 3.05) is 25.6 Å². The van der Waals surface area contributed by atoms with Gasteiger partial charge in [0, 0.05) is 7.05 Å². The van der Waals surface area contributed by atoms with Crippen molar-refractivity contribution in [3.63, 3.8) is 0 Å². The van der Waals surface area contributed by atoms with Gasteiger partial charge in [-0.2, -0.15) is 4.72 Å². The molecule has 1 heterocycles. The molecule has 0 unspecified atom stereocenters. The summed E-state index contributed by atoms with van der Waals surface area (Å²) in [4.78, 5) is 3.62. The molecule has 18 heavy (non-hydrogen) atoms. The largest absolute Gasteiger partial charge is 0.394 e. The minimum absolute atomic E-state index is 0.215. The van der Waals surface area contributed by atoms with Crippen LogP contribution in [-0.4, -0.2) is 58.6 Å². The average Bonchev–Trinajstić information content (AvgIpc) is 2.67. The standard InChI is InChI=1S/C8H16N4O5S/c1-12-5-10-6(9)7(12)18(16,17)11-8(2-13,3-14)4-15/h5,11,13-15H,2-4,9H2,1H3. The number of sulfonamides is 1. The number of hydrogen-bond donors (Lipinski definition) is 5. The van der Waals surface area contributed by atoms with Gasteiger partial charge < -0.3 is 25.6 Å². The van der Waals surface area contributed by atoms with Gasteiger partial charge in [0.2, 0.25) is 0 Å². The summed E-state index contributed by atoms with van der Waals surface area (Å²) in [6, 6.07) is 0. The van der Waals surface area contributed by atoms with Crippen molar-refractivity contribution in [2.45, 2.75) is 10.6 Å². The monoisotopic (exact) mass is 280 g/mol. The van der Waals surface area contributed by atoms with Crippen LogP contribution in [0.4, 0.5) is 5.82 Å². The first-order chi connectivity index (χ1) is 8.32. The van der Waals surface area contributed by atoms with Crippen LogP contribution in [0.1, 0.15) is 0 Å². The molecule has 6 N–H and O–H groups in total. The van der Waals surface area contributed by atoms with Crippen LogP contribution in [0.2, 0.25) is 0 Å². The minimum Gasteiger partial charge on any atom is -0.394 e. The fourth-order valence-electron chi connectivity index (χ4n) is 1.34. The average molecular weight is 280 g/mol. The van der Waals surface area contributed by atoms with E-state index in [1.165, 1.54) is 17.9 Å². The van der Waals surface area contributed by atoms with Crippen LogP contribution in [0, 0.1) is 0 Å². The van der Waals surface area contributed by atoms with E-state index in [2.05, 4.69) is 4.98 Å². The van der Waals surface area contributed by atoms with E-state index in [1.807, 2.05) is 4.72 Å². The van der Waals surface area contributed by atoms with Crippen molar-refractivity contribution in [3.05, 3.63) is 6.33 Å². The summed E-state index contributed by atoms with van der Waals surface area (Å²) in [6.07, 6.45) is 1.21. The quantitative estimate of drug-likeness (QED) is 0.372. The number of nitrogen functional groups attached to an aromatic ring is 1. The molecule has 0 saturated carbocycles. The summed E-state index contributed by atoms with van der Waals surface area (Å²) in [6.45, 7) is -2.30. The van der Waals surface area contributed by atoms with Crippen molar-refractivity contribution in [3.8, 4) is 0 Å². The molecule has 1 aromatic rings. The minimum atomic E-state index is -4.13. The molecule has 9 nitrogen and oxygen atoms in total. The molecule has 0 aromatic carbocycles. The van der Waals surface area contributed by atoms with Gasteiger partial charge in [-0.3, -0.25) is 0 Å². The van der Waals surface area contributed by atoms with E-state index in [4.69, 9.17) is 21.1 Å². The van der Waals surface area contributed by atoms with E-state index in [9.17, 15) is 8.42 Å². The summed E-state index contributed by atoms with van der Waals surface area (Å²) in [5, 5.41) is 26.9. The van der Waals surface area contributed by atoms with E-state index in [0.717, 1.165) is 0 Å². The first-order valence-corrected chi connectivity index (χ1v) is 6.43. The molecular weight excluding hydrogens is 264 g/mol. The molecule has 0 saturated heterocycles. The Balaban J connectivity index is 3.17. The highest BCUT2D eigenvalue weighted by Gasteiger charge is 2.36. The Morgan fingerprint density at radius 3 is 2.22 bits per heavy atom. The molecule has 0 fully saturated rings. The second-order valence-electron chi connectivity index (χ2n) is 3.91. The molecule has 0 spiro atoms. The van der Waals surface area contributed by atoms with Crippen LogP contribution in [-0.2, 0) is 17.1 Å². The highest BCUT2D eigenvalue weighted by molar-refractivity contribution is 7.89. The number of anilines is 1. The van der Waals surface area contributed by atoms with E-state index in [1.54, 1.807) is 0 Å². The highest BCUT2D eigenvalue weighted by Crippen LogP contribution is 2.17. The molecular formula is C8H16N4O5S. The Morgan fingerprint density at radius 2 is 1.89 bits per heavy atom. The molecule has 0 atom stereocenters. The van der Waals surface area contributed by atoms with Crippen molar-refractivity contribution in [1.82, 2.24) is 14.3 Å². The molecule has 0 bridgehead atoms. The topological polar surface area (TPSA) is 151 Å². The lowest BCUT2D eigenvalue weighted by Crippen LogP contribution is -2.57. The van der Waals surface area contributed by atoms with Gasteiger partial charge in [0.25, 0.3) is 10.0 Å². The van der Waals surface area contributed by atoms with Crippen molar-refractivity contribution in [2.24, 2.45) is 7.05 Å². The molecule has 0 radical (unpaired) electrons. The zero-order valence-electron chi connectivity index (χ0n) is 9.74. The summed E-state index contributed by atoms with van der Waals surface area (Å²) >= 11 is 0. The van der Waals surface area contributed by atoms with E-state index >= 15 is 0 Å². The molecule has 0 aliphatic rings. The van der Waals surface area contributed by atoms with Gasteiger partial charge in [-0.1, -0.05) is 0 Å². The van der Waals surface area contributed by atoms with Gasteiger partial charge >= 0.3 is 0 Å². The third kappa shape index (κ3) is 2.62. The fraction of sp³-hybridized carbons (Fsp3) is 0.625. The summed E-state index contributed by atoms with van der Waals surface area (Å²) in [5.74, 6) is -0.215. The molecule has 104 valence electrons. The zero-order valence-corrected chi connectivity index (χ0v) is 10.6. The number of hydrogen-bond acceptors (Lipinski definition) is 7. The Hall–Kier alpha value is -1.20. The van der Waals surface area contributed by atoms with Gasteiger partial charge in [0.05, 0.1) is 26.1 Å². The third-order valence-corrected chi connectivity index (χ3v) is 4.13. The predicted molar refractivity (Wildman–Crippen MR) is 61.9 cm³/mol. The Labute approximate surface area is 104 Å². The number of nitrogens with zero attached hydrogens (tertiary/aromatic N) is 2. The van der Waals surface area contributed by atoms with Gasteiger partial charge in [-0.25, -0.2) is 13.4 Å². The Kier molecular flexibility index (Phi) is 4.29. The number of nitrogens with two attached hydrogens (primary N) is 1. The Morgan fingerprint density at radius 1 is 1.39 bits per heavy atom. The van der Waals surface area contributed by atoms with Crippen molar-refractivity contribution in [1.29, 1.82) is 0 Å². The number of aliphatic hydroxyl groups excluding tert-OH is 3. The van der Waals surface area contributed by atoms with Gasteiger partial charge in [0.15, 0.2) is 10.8 Å². The lowest BCUT2D eigenvalue weighted by Gasteiger charge is -2.28. The maximum absolute atomic E-state index is 12.0. The number of aromatic nitrogens is 2. The van der Waals surface area contributed by atoms with E-state index in [0.29, 0.717) is 0 Å². The van der Waals surface area contributed by atoms with Crippen molar-refractivity contribution >= 4 is 15.8 Å². The van der Waals surface area contributed by atoms with Crippen LogP contribution in [0.5, 0.6) is 0 Å². The van der Waals surface area contributed by atoms with Crippen LogP contribution >= 0.6 is 0 Å². The second kappa shape index (κ2) is 5.20. The first-order valence-electron chi connectivity index (χ1n) is 4.95.